The highest BCUT2D eigenvalue weighted by molar-refractivity contribution is 5.35. The summed E-state index contributed by atoms with van der Waals surface area (Å²) in [5.74, 6) is 1.58. The van der Waals surface area contributed by atoms with Crippen molar-refractivity contribution >= 4 is 5.88 Å². The minimum atomic E-state index is 0.547. The van der Waals surface area contributed by atoms with Gasteiger partial charge in [-0.25, -0.2) is 0 Å². The van der Waals surface area contributed by atoms with Gasteiger partial charge in [-0.3, -0.25) is 4.90 Å². The van der Waals surface area contributed by atoms with E-state index in [9.17, 15) is 0 Å². The third-order valence-electron chi connectivity index (χ3n) is 2.09. The minimum absolute atomic E-state index is 0.547. The molecule has 0 spiro atoms. The van der Waals surface area contributed by atoms with Gasteiger partial charge in [0.15, 0.2) is 5.88 Å². The van der Waals surface area contributed by atoms with Gasteiger partial charge in [0.1, 0.15) is 5.76 Å². The second-order valence-electron chi connectivity index (χ2n) is 3.08. The molecule has 0 saturated carbocycles. The normalized spacial score (nSPS) is 18.3. The molecule has 0 bridgehead atoms. The first kappa shape index (κ1) is 6.73. The summed E-state index contributed by atoms with van der Waals surface area (Å²) in [7, 11) is 2.08. The standard InChI is InChI=1S/C8H12N2O/c1-10-3-2-6-4-8(9)11-7(6)5-10/h4H,2-3,5,9H2,1H3. The largest absolute Gasteiger partial charge is 0.444 e. The van der Waals surface area contributed by atoms with Crippen LogP contribution in [-0.4, -0.2) is 18.5 Å². The molecule has 2 rings (SSSR count). The van der Waals surface area contributed by atoms with Crippen LogP contribution < -0.4 is 5.73 Å². The fraction of sp³-hybridized carbons (Fsp3) is 0.500. The predicted molar refractivity (Wildman–Crippen MR) is 43.2 cm³/mol. The van der Waals surface area contributed by atoms with Crippen LogP contribution in [0.25, 0.3) is 0 Å². The molecule has 1 aliphatic heterocycles. The van der Waals surface area contributed by atoms with Crippen molar-refractivity contribution in [3.8, 4) is 0 Å². The van der Waals surface area contributed by atoms with Crippen molar-refractivity contribution in [2.75, 3.05) is 19.3 Å². The van der Waals surface area contributed by atoms with Crippen LogP contribution in [0, 0.1) is 0 Å². The van der Waals surface area contributed by atoms with Gasteiger partial charge in [0.05, 0.1) is 6.54 Å². The van der Waals surface area contributed by atoms with Crippen molar-refractivity contribution in [3.05, 3.63) is 17.4 Å². The molecule has 0 amide bonds. The summed E-state index contributed by atoms with van der Waals surface area (Å²) < 4.78 is 5.31. The van der Waals surface area contributed by atoms with Crippen LogP contribution in [0.5, 0.6) is 0 Å². The molecule has 0 saturated heterocycles. The van der Waals surface area contributed by atoms with E-state index in [0.29, 0.717) is 5.88 Å². The van der Waals surface area contributed by atoms with Gasteiger partial charge in [0.25, 0.3) is 0 Å². The Morgan fingerprint density at radius 1 is 1.64 bits per heavy atom. The quantitative estimate of drug-likeness (QED) is 0.599. The Kier molecular flexibility index (Phi) is 1.39. The van der Waals surface area contributed by atoms with E-state index in [-0.39, 0.29) is 0 Å². The summed E-state index contributed by atoms with van der Waals surface area (Å²) in [6.45, 7) is 2.00. The Hall–Kier alpha value is -0.960. The molecule has 3 nitrogen and oxygen atoms in total. The maximum atomic E-state index is 5.52. The highest BCUT2D eigenvalue weighted by atomic mass is 16.4. The Bertz CT molecular complexity index is 267. The molecule has 60 valence electrons. The minimum Gasteiger partial charge on any atom is -0.444 e. The van der Waals surface area contributed by atoms with Crippen molar-refractivity contribution in [1.29, 1.82) is 0 Å². The lowest BCUT2D eigenvalue weighted by Crippen LogP contribution is -2.25. The molecular formula is C8H12N2O. The van der Waals surface area contributed by atoms with Gasteiger partial charge >= 0.3 is 0 Å². The van der Waals surface area contributed by atoms with Crippen LogP contribution >= 0.6 is 0 Å². The highest BCUT2D eigenvalue weighted by Crippen LogP contribution is 2.22. The number of nitrogens with two attached hydrogens (primary N) is 1. The first-order chi connectivity index (χ1) is 5.25. The average molecular weight is 152 g/mol. The summed E-state index contributed by atoms with van der Waals surface area (Å²) in [5, 5.41) is 0. The molecule has 2 heterocycles. The van der Waals surface area contributed by atoms with Crippen molar-refractivity contribution in [3.63, 3.8) is 0 Å². The molecular weight excluding hydrogens is 140 g/mol. The molecule has 0 atom stereocenters. The second kappa shape index (κ2) is 2.27. The summed E-state index contributed by atoms with van der Waals surface area (Å²) >= 11 is 0. The molecule has 0 aromatic carbocycles. The number of hydrogen-bond acceptors (Lipinski definition) is 3. The lowest BCUT2D eigenvalue weighted by molar-refractivity contribution is 0.279. The summed E-state index contributed by atoms with van der Waals surface area (Å²) in [6, 6.07) is 1.93. The fourth-order valence-corrected chi connectivity index (χ4v) is 1.47. The molecule has 0 radical (unpaired) electrons. The molecule has 1 aromatic rings. The number of rotatable bonds is 0. The van der Waals surface area contributed by atoms with Gasteiger partial charge in [-0.05, 0) is 19.0 Å². The molecule has 11 heavy (non-hydrogen) atoms. The molecule has 0 aliphatic carbocycles. The van der Waals surface area contributed by atoms with Crippen LogP contribution in [-0.2, 0) is 13.0 Å². The Morgan fingerprint density at radius 2 is 2.45 bits per heavy atom. The van der Waals surface area contributed by atoms with Crippen molar-refractivity contribution in [1.82, 2.24) is 4.90 Å². The van der Waals surface area contributed by atoms with Gasteiger partial charge < -0.3 is 10.2 Å². The van der Waals surface area contributed by atoms with Crippen LogP contribution in [0.1, 0.15) is 11.3 Å². The van der Waals surface area contributed by atoms with E-state index in [2.05, 4.69) is 11.9 Å². The topological polar surface area (TPSA) is 42.4 Å². The van der Waals surface area contributed by atoms with Gasteiger partial charge in [-0.15, -0.1) is 0 Å². The first-order valence-corrected chi connectivity index (χ1v) is 3.81. The van der Waals surface area contributed by atoms with Crippen molar-refractivity contribution < 1.29 is 4.42 Å². The number of likely N-dealkylation sites (N-methyl/N-ethyl adjacent to an activating group) is 1. The Labute approximate surface area is 65.8 Å². The smallest absolute Gasteiger partial charge is 0.190 e. The molecule has 0 fully saturated rings. The zero-order chi connectivity index (χ0) is 7.84. The molecule has 1 aliphatic rings. The Morgan fingerprint density at radius 3 is 3.27 bits per heavy atom. The van der Waals surface area contributed by atoms with Gasteiger partial charge in [-0.2, -0.15) is 0 Å². The zero-order valence-electron chi connectivity index (χ0n) is 6.63. The van der Waals surface area contributed by atoms with Crippen molar-refractivity contribution in [2.24, 2.45) is 0 Å². The zero-order valence-corrected chi connectivity index (χ0v) is 6.63. The second-order valence-corrected chi connectivity index (χ2v) is 3.08. The van der Waals surface area contributed by atoms with Gasteiger partial charge in [0.2, 0.25) is 0 Å². The van der Waals surface area contributed by atoms with E-state index >= 15 is 0 Å². The van der Waals surface area contributed by atoms with E-state index in [1.165, 1.54) is 5.56 Å². The highest BCUT2D eigenvalue weighted by Gasteiger charge is 2.16. The first-order valence-electron chi connectivity index (χ1n) is 3.81. The van der Waals surface area contributed by atoms with E-state index in [1.54, 1.807) is 0 Å². The van der Waals surface area contributed by atoms with E-state index in [0.717, 1.165) is 25.3 Å². The lowest BCUT2D eigenvalue weighted by Gasteiger charge is -2.20. The molecule has 3 heteroatoms. The summed E-state index contributed by atoms with van der Waals surface area (Å²) in [6.07, 6.45) is 1.06. The van der Waals surface area contributed by atoms with Crippen LogP contribution in [0.3, 0.4) is 0 Å². The van der Waals surface area contributed by atoms with E-state index in [4.69, 9.17) is 10.2 Å². The monoisotopic (exact) mass is 152 g/mol. The van der Waals surface area contributed by atoms with Crippen molar-refractivity contribution in [2.45, 2.75) is 13.0 Å². The Balaban J connectivity index is 2.34. The number of nitrogen functional groups attached to an aromatic ring is 1. The van der Waals surface area contributed by atoms with E-state index < -0.39 is 0 Å². The average Bonchev–Trinajstić information content (AvgIpc) is 2.27. The number of fused-ring (bicyclic) bond motifs is 1. The van der Waals surface area contributed by atoms with Gasteiger partial charge in [-0.1, -0.05) is 0 Å². The molecule has 1 aromatic heterocycles. The number of hydrogen-bond donors (Lipinski definition) is 1. The fourth-order valence-electron chi connectivity index (χ4n) is 1.47. The predicted octanol–water partition coefficient (Wildman–Crippen LogP) is 0.850. The number of furan rings is 1. The number of nitrogens with zero attached hydrogens (tertiary/aromatic N) is 1. The van der Waals surface area contributed by atoms with Gasteiger partial charge in [0, 0.05) is 12.6 Å². The summed E-state index contributed by atoms with van der Waals surface area (Å²) in [4.78, 5) is 2.23. The molecule has 0 unspecified atom stereocenters. The molecule has 2 N–H and O–H groups in total. The van der Waals surface area contributed by atoms with E-state index in [1.807, 2.05) is 6.07 Å². The van der Waals surface area contributed by atoms with Crippen LogP contribution in [0.15, 0.2) is 10.5 Å². The third kappa shape index (κ3) is 1.12. The lowest BCUT2D eigenvalue weighted by atomic mass is 10.1. The van der Waals surface area contributed by atoms with Crippen LogP contribution in [0.4, 0.5) is 5.88 Å². The number of anilines is 1. The maximum absolute atomic E-state index is 5.52. The summed E-state index contributed by atoms with van der Waals surface area (Å²) in [5.41, 5.74) is 6.80. The maximum Gasteiger partial charge on any atom is 0.190 e. The van der Waals surface area contributed by atoms with Crippen LogP contribution in [0.2, 0.25) is 0 Å². The SMILES string of the molecule is CN1CCc2cc(N)oc2C1. The third-order valence-corrected chi connectivity index (χ3v) is 2.09.